The lowest BCUT2D eigenvalue weighted by Crippen LogP contribution is -2.50. The zero-order valence-corrected chi connectivity index (χ0v) is 20.7. The molecule has 1 N–H and O–H groups in total. The Kier molecular flexibility index (Phi) is 7.49. The minimum absolute atomic E-state index is 0.123. The van der Waals surface area contributed by atoms with Crippen molar-refractivity contribution in [3.8, 4) is 5.75 Å². The maximum atomic E-state index is 13.4. The average Bonchev–Trinajstić information content (AvgIpc) is 3.30. The Morgan fingerprint density at radius 2 is 1.97 bits per heavy atom. The Morgan fingerprint density at radius 1 is 1.25 bits per heavy atom. The van der Waals surface area contributed by atoms with Gasteiger partial charge in [-0.2, -0.15) is 4.31 Å². The summed E-state index contributed by atoms with van der Waals surface area (Å²) in [7, 11) is 1.62. The summed E-state index contributed by atoms with van der Waals surface area (Å²) in [5, 5.41) is 11.5. The maximum Gasteiger partial charge on any atom is 0.258 e. The second kappa shape index (κ2) is 9.78. The number of hydrogen-bond acceptors (Lipinski definition) is 7. The monoisotopic (exact) mass is 481 g/mol. The Bertz CT molecular complexity index is 1040. The Labute approximate surface area is 194 Å². The molecule has 0 fully saturated rings. The van der Waals surface area contributed by atoms with Crippen LogP contribution in [0.3, 0.4) is 0 Å². The summed E-state index contributed by atoms with van der Waals surface area (Å²) in [6, 6.07) is 8.28. The van der Waals surface area contributed by atoms with Gasteiger partial charge in [-0.1, -0.05) is 19.1 Å². The normalized spacial score (nSPS) is 20.3. The maximum absolute atomic E-state index is 13.4. The molecule has 3 rings (SSSR count). The van der Waals surface area contributed by atoms with Crippen molar-refractivity contribution < 1.29 is 23.1 Å². The zero-order chi connectivity index (χ0) is 23.6. The van der Waals surface area contributed by atoms with Gasteiger partial charge in [0, 0.05) is 33.6 Å². The number of aliphatic hydroxyl groups is 1. The minimum Gasteiger partial charge on any atom is -0.486 e. The number of carbonyl (C=O) groups is 1. The van der Waals surface area contributed by atoms with E-state index in [0.717, 1.165) is 5.69 Å². The SMILES string of the molecule is C[C@@H]1CN([C@H](C)CO)C(=O)c2cccc(N(C)C)c2O[C@H]1CN(C)S(=O)(=O)c1cccs1. The van der Waals surface area contributed by atoms with E-state index in [4.69, 9.17) is 4.74 Å². The first-order valence-corrected chi connectivity index (χ1v) is 12.8. The van der Waals surface area contributed by atoms with E-state index in [2.05, 4.69) is 0 Å². The molecule has 0 unspecified atom stereocenters. The van der Waals surface area contributed by atoms with E-state index >= 15 is 0 Å². The second-order valence-corrected chi connectivity index (χ2v) is 11.6. The lowest BCUT2D eigenvalue weighted by molar-refractivity contribution is 0.0388. The van der Waals surface area contributed by atoms with Crippen LogP contribution in [-0.4, -0.2) is 81.6 Å². The molecule has 1 aliphatic rings. The van der Waals surface area contributed by atoms with E-state index in [-0.39, 0.29) is 35.2 Å². The third kappa shape index (κ3) is 4.78. The number of nitrogens with zero attached hydrogens (tertiary/aromatic N) is 3. The molecule has 2 aromatic rings. The number of hydrogen-bond donors (Lipinski definition) is 1. The number of amides is 1. The third-order valence-corrected chi connectivity index (χ3v) is 8.95. The first kappa shape index (κ1) is 24.5. The van der Waals surface area contributed by atoms with Crippen LogP contribution in [0.25, 0.3) is 0 Å². The van der Waals surface area contributed by atoms with Crippen molar-refractivity contribution in [3.63, 3.8) is 0 Å². The molecule has 176 valence electrons. The largest absolute Gasteiger partial charge is 0.486 e. The van der Waals surface area contributed by atoms with Crippen molar-refractivity contribution in [2.24, 2.45) is 5.92 Å². The molecule has 0 bridgehead atoms. The first-order chi connectivity index (χ1) is 15.1. The fourth-order valence-electron chi connectivity index (χ4n) is 3.71. The van der Waals surface area contributed by atoms with Crippen LogP contribution in [-0.2, 0) is 10.0 Å². The van der Waals surface area contributed by atoms with Gasteiger partial charge in [-0.15, -0.1) is 11.3 Å². The van der Waals surface area contributed by atoms with Crippen LogP contribution < -0.4 is 9.64 Å². The van der Waals surface area contributed by atoms with Crippen LogP contribution >= 0.6 is 11.3 Å². The summed E-state index contributed by atoms with van der Waals surface area (Å²) in [5.41, 5.74) is 1.13. The number of ether oxygens (including phenoxy) is 1. The molecule has 0 radical (unpaired) electrons. The fourth-order valence-corrected chi connectivity index (χ4v) is 6.10. The van der Waals surface area contributed by atoms with Gasteiger partial charge in [-0.25, -0.2) is 8.42 Å². The van der Waals surface area contributed by atoms with E-state index in [1.807, 2.05) is 32.0 Å². The highest BCUT2D eigenvalue weighted by Gasteiger charge is 2.36. The number of sulfonamides is 1. The van der Waals surface area contributed by atoms with Gasteiger partial charge in [0.2, 0.25) is 0 Å². The molecular formula is C22H31N3O5S2. The summed E-state index contributed by atoms with van der Waals surface area (Å²) in [6.45, 7) is 4.02. The summed E-state index contributed by atoms with van der Waals surface area (Å²) < 4.78 is 34.0. The Balaban J connectivity index is 2.03. The summed E-state index contributed by atoms with van der Waals surface area (Å²) >= 11 is 1.17. The zero-order valence-electron chi connectivity index (χ0n) is 19.1. The molecule has 0 saturated heterocycles. The topological polar surface area (TPSA) is 90.4 Å². The summed E-state index contributed by atoms with van der Waals surface area (Å²) in [6.07, 6.45) is -0.504. The van der Waals surface area contributed by atoms with Crippen molar-refractivity contribution >= 4 is 33.0 Å². The smallest absolute Gasteiger partial charge is 0.258 e. The molecule has 0 spiro atoms. The predicted molar refractivity (Wildman–Crippen MR) is 126 cm³/mol. The number of carbonyl (C=O) groups excluding carboxylic acids is 1. The molecule has 10 heteroatoms. The van der Waals surface area contributed by atoms with Gasteiger partial charge in [-0.3, -0.25) is 4.79 Å². The standard InChI is InChI=1S/C22H31N3O5S2/c1-15-12-25(16(2)14-26)22(27)17-8-6-9-18(23(3)4)21(17)30-19(15)13-24(5)32(28,29)20-10-7-11-31-20/h6-11,15-16,19,26H,12-14H2,1-5H3/t15-,16-,19+/m1/s1. The molecule has 0 saturated carbocycles. The molecule has 1 aliphatic heterocycles. The van der Waals surface area contributed by atoms with Crippen LogP contribution in [0.1, 0.15) is 24.2 Å². The van der Waals surface area contributed by atoms with Crippen molar-refractivity contribution in [2.45, 2.75) is 30.2 Å². The molecular weight excluding hydrogens is 450 g/mol. The Morgan fingerprint density at radius 3 is 2.56 bits per heavy atom. The van der Waals surface area contributed by atoms with Gasteiger partial charge in [-0.05, 0) is 30.5 Å². The van der Waals surface area contributed by atoms with Crippen LogP contribution in [0, 0.1) is 5.92 Å². The molecule has 2 heterocycles. The molecule has 1 amide bonds. The molecule has 8 nitrogen and oxygen atoms in total. The van der Waals surface area contributed by atoms with Crippen molar-refractivity contribution in [1.29, 1.82) is 0 Å². The van der Waals surface area contributed by atoms with Gasteiger partial charge < -0.3 is 19.6 Å². The minimum atomic E-state index is -3.65. The molecule has 3 atom stereocenters. The number of thiophene rings is 1. The highest BCUT2D eigenvalue weighted by atomic mass is 32.2. The number of benzene rings is 1. The van der Waals surface area contributed by atoms with Crippen LogP contribution in [0.15, 0.2) is 39.9 Å². The third-order valence-electron chi connectivity index (χ3n) is 5.75. The summed E-state index contributed by atoms with van der Waals surface area (Å²) in [5.74, 6) is 0.0310. The highest BCUT2D eigenvalue weighted by Crippen LogP contribution is 2.36. The predicted octanol–water partition coefficient (Wildman–Crippen LogP) is 2.35. The van der Waals surface area contributed by atoms with Gasteiger partial charge >= 0.3 is 0 Å². The molecule has 1 aromatic carbocycles. The quantitative estimate of drug-likeness (QED) is 0.653. The number of aliphatic hydroxyl groups excluding tert-OH is 1. The first-order valence-electron chi connectivity index (χ1n) is 10.5. The van der Waals surface area contributed by atoms with E-state index in [0.29, 0.717) is 17.9 Å². The second-order valence-electron chi connectivity index (χ2n) is 8.39. The van der Waals surface area contributed by atoms with E-state index < -0.39 is 16.1 Å². The Hall–Kier alpha value is -2.14. The van der Waals surface area contributed by atoms with E-state index in [1.54, 1.807) is 48.5 Å². The fraction of sp³-hybridized carbons (Fsp3) is 0.500. The van der Waals surface area contributed by atoms with Crippen LogP contribution in [0.4, 0.5) is 5.69 Å². The van der Waals surface area contributed by atoms with Gasteiger partial charge in [0.15, 0.2) is 5.75 Å². The number of rotatable bonds is 7. The van der Waals surface area contributed by atoms with E-state index in [1.165, 1.54) is 15.6 Å². The van der Waals surface area contributed by atoms with Crippen molar-refractivity contribution in [1.82, 2.24) is 9.21 Å². The van der Waals surface area contributed by atoms with E-state index in [9.17, 15) is 18.3 Å². The molecule has 1 aromatic heterocycles. The number of likely N-dealkylation sites (N-methyl/N-ethyl adjacent to an activating group) is 1. The summed E-state index contributed by atoms with van der Waals surface area (Å²) in [4.78, 5) is 16.9. The lowest BCUT2D eigenvalue weighted by atomic mass is 9.99. The number of anilines is 1. The van der Waals surface area contributed by atoms with Crippen molar-refractivity contribution in [2.75, 3.05) is 45.7 Å². The number of para-hydroxylation sites is 1. The number of fused-ring (bicyclic) bond motifs is 1. The molecule has 32 heavy (non-hydrogen) atoms. The molecule has 0 aliphatic carbocycles. The van der Waals surface area contributed by atoms with Gasteiger partial charge in [0.05, 0.1) is 30.4 Å². The van der Waals surface area contributed by atoms with Gasteiger partial charge in [0.25, 0.3) is 15.9 Å². The average molecular weight is 482 g/mol. The highest BCUT2D eigenvalue weighted by molar-refractivity contribution is 7.91. The van der Waals surface area contributed by atoms with Crippen LogP contribution in [0.5, 0.6) is 5.75 Å². The van der Waals surface area contributed by atoms with Crippen molar-refractivity contribution in [3.05, 3.63) is 41.3 Å². The lowest BCUT2D eigenvalue weighted by Gasteiger charge is -2.38. The van der Waals surface area contributed by atoms with Gasteiger partial charge in [0.1, 0.15) is 10.3 Å². The van der Waals surface area contributed by atoms with Crippen LogP contribution in [0.2, 0.25) is 0 Å².